The summed E-state index contributed by atoms with van der Waals surface area (Å²) in [5.74, 6) is -0.640. The first-order chi connectivity index (χ1) is 14.0. The zero-order chi connectivity index (χ0) is 20.6. The number of benzene rings is 2. The molecule has 6 nitrogen and oxygen atoms in total. The van der Waals surface area contributed by atoms with Gasteiger partial charge in [-0.2, -0.15) is 0 Å². The monoisotopic (exact) mass is 400 g/mol. The fourth-order valence-corrected chi connectivity index (χ4v) is 3.44. The Morgan fingerprint density at radius 2 is 1.55 bits per heavy atom. The number of rotatable bonds is 8. The van der Waals surface area contributed by atoms with Crippen molar-refractivity contribution < 1.29 is 28.8 Å². The molecule has 29 heavy (non-hydrogen) atoms. The fourth-order valence-electron chi connectivity index (χ4n) is 3.44. The zero-order valence-electron chi connectivity index (χ0n) is 16.8. The summed E-state index contributed by atoms with van der Waals surface area (Å²) < 4.78 is 22.9. The van der Waals surface area contributed by atoms with Crippen LogP contribution in [-0.2, 0) is 37.0 Å². The molecule has 3 rings (SSSR count). The Kier molecular flexibility index (Phi) is 7.77. The Hall–Kier alpha value is -2.25. The van der Waals surface area contributed by atoms with Gasteiger partial charge in [-0.3, -0.25) is 4.79 Å². The van der Waals surface area contributed by atoms with E-state index in [0.717, 1.165) is 11.1 Å². The van der Waals surface area contributed by atoms with Crippen LogP contribution >= 0.6 is 0 Å². The highest BCUT2D eigenvalue weighted by Crippen LogP contribution is 2.30. The molecule has 0 amide bonds. The molecular formula is C23H28O6. The summed E-state index contributed by atoms with van der Waals surface area (Å²) >= 11 is 0. The van der Waals surface area contributed by atoms with Crippen LogP contribution in [0.4, 0.5) is 0 Å². The number of hydrogen-bond donors (Lipinski definition) is 1. The predicted molar refractivity (Wildman–Crippen MR) is 107 cm³/mol. The number of aliphatic hydroxyl groups is 1. The van der Waals surface area contributed by atoms with Crippen LogP contribution < -0.4 is 0 Å². The van der Waals surface area contributed by atoms with Gasteiger partial charge in [0.1, 0.15) is 6.10 Å². The van der Waals surface area contributed by atoms with E-state index >= 15 is 0 Å². The maximum atomic E-state index is 11.5. The standard InChI is InChI=1S/C23H28O6/c1-16-20(15-26-13-18-9-5-3-6-10-18)29-23(25)22(28-17(2)24)21(16)27-14-19-11-7-4-8-12-19/h3-12,16,20-23,25H,13-15H2,1-2H3/t16-,20+,21+,22+,23+/m1/s1. The van der Waals surface area contributed by atoms with Crippen LogP contribution in [0.5, 0.6) is 0 Å². The molecule has 0 bridgehead atoms. The molecule has 0 radical (unpaired) electrons. The molecule has 1 fully saturated rings. The smallest absolute Gasteiger partial charge is 0.303 e. The average Bonchev–Trinajstić information content (AvgIpc) is 2.72. The van der Waals surface area contributed by atoms with Crippen molar-refractivity contribution in [3.8, 4) is 0 Å². The van der Waals surface area contributed by atoms with Crippen LogP contribution in [0.2, 0.25) is 0 Å². The van der Waals surface area contributed by atoms with E-state index in [0.29, 0.717) is 19.8 Å². The molecule has 0 spiro atoms. The average molecular weight is 400 g/mol. The van der Waals surface area contributed by atoms with Crippen LogP contribution in [-0.4, -0.2) is 42.3 Å². The van der Waals surface area contributed by atoms with E-state index < -0.39 is 24.5 Å². The van der Waals surface area contributed by atoms with E-state index in [2.05, 4.69) is 0 Å². The minimum atomic E-state index is -1.28. The van der Waals surface area contributed by atoms with Crippen LogP contribution in [0.15, 0.2) is 60.7 Å². The Labute approximate surface area is 171 Å². The second-order valence-corrected chi connectivity index (χ2v) is 7.26. The highest BCUT2D eigenvalue weighted by Gasteiger charge is 2.46. The van der Waals surface area contributed by atoms with E-state index in [9.17, 15) is 9.90 Å². The van der Waals surface area contributed by atoms with Gasteiger partial charge in [0.2, 0.25) is 0 Å². The molecule has 2 aromatic carbocycles. The molecule has 0 unspecified atom stereocenters. The van der Waals surface area contributed by atoms with Crippen LogP contribution in [0.3, 0.4) is 0 Å². The number of esters is 1. The van der Waals surface area contributed by atoms with Gasteiger partial charge in [0, 0.05) is 12.8 Å². The van der Waals surface area contributed by atoms with Gasteiger partial charge in [-0.25, -0.2) is 0 Å². The summed E-state index contributed by atoms with van der Waals surface area (Å²) in [7, 11) is 0. The summed E-state index contributed by atoms with van der Waals surface area (Å²) in [5, 5.41) is 10.5. The third kappa shape index (κ3) is 6.11. The maximum Gasteiger partial charge on any atom is 0.303 e. The SMILES string of the molecule is CC(=O)O[C@H]1[C@@H](OCc2ccccc2)[C@H](C)[C@H](COCc2ccccc2)O[C@@H]1O. The lowest BCUT2D eigenvalue weighted by Gasteiger charge is -2.43. The Morgan fingerprint density at radius 1 is 0.966 bits per heavy atom. The van der Waals surface area contributed by atoms with Crippen molar-refractivity contribution in [2.75, 3.05) is 6.61 Å². The van der Waals surface area contributed by atoms with Gasteiger partial charge >= 0.3 is 5.97 Å². The van der Waals surface area contributed by atoms with Gasteiger partial charge < -0.3 is 24.1 Å². The fraction of sp³-hybridized carbons (Fsp3) is 0.435. The topological polar surface area (TPSA) is 74.2 Å². The highest BCUT2D eigenvalue weighted by molar-refractivity contribution is 5.66. The third-order valence-corrected chi connectivity index (χ3v) is 5.00. The van der Waals surface area contributed by atoms with Crippen molar-refractivity contribution >= 4 is 5.97 Å². The van der Waals surface area contributed by atoms with Crippen molar-refractivity contribution in [3.05, 3.63) is 71.8 Å². The number of aliphatic hydroxyl groups excluding tert-OH is 1. The quantitative estimate of drug-likeness (QED) is 0.687. The molecule has 1 aliphatic heterocycles. The van der Waals surface area contributed by atoms with Crippen molar-refractivity contribution in [2.45, 2.75) is 51.7 Å². The van der Waals surface area contributed by atoms with Crippen molar-refractivity contribution in [1.82, 2.24) is 0 Å². The Morgan fingerprint density at radius 3 is 2.14 bits per heavy atom. The third-order valence-electron chi connectivity index (χ3n) is 5.00. The van der Waals surface area contributed by atoms with Gasteiger partial charge in [-0.15, -0.1) is 0 Å². The first-order valence-electron chi connectivity index (χ1n) is 9.82. The van der Waals surface area contributed by atoms with Gasteiger partial charge in [-0.05, 0) is 11.1 Å². The van der Waals surface area contributed by atoms with E-state index in [1.807, 2.05) is 67.6 Å². The minimum Gasteiger partial charge on any atom is -0.454 e. The molecule has 0 aliphatic carbocycles. The Bertz CT molecular complexity index is 750. The number of hydrogen-bond acceptors (Lipinski definition) is 6. The normalized spacial score (nSPS) is 26.8. The van der Waals surface area contributed by atoms with E-state index in [1.165, 1.54) is 6.92 Å². The van der Waals surface area contributed by atoms with Gasteiger partial charge in [0.15, 0.2) is 12.4 Å². The molecular weight excluding hydrogens is 372 g/mol. The molecule has 1 saturated heterocycles. The minimum absolute atomic E-state index is 0.151. The molecule has 0 aromatic heterocycles. The number of ether oxygens (including phenoxy) is 4. The van der Waals surface area contributed by atoms with Gasteiger partial charge in [0.25, 0.3) is 0 Å². The number of carbonyl (C=O) groups excluding carboxylic acids is 1. The van der Waals surface area contributed by atoms with Crippen molar-refractivity contribution in [2.24, 2.45) is 5.92 Å². The van der Waals surface area contributed by atoms with Crippen LogP contribution in [0, 0.1) is 5.92 Å². The molecule has 0 saturated carbocycles. The van der Waals surface area contributed by atoms with Crippen molar-refractivity contribution in [1.29, 1.82) is 0 Å². The maximum absolute atomic E-state index is 11.5. The summed E-state index contributed by atoms with van der Waals surface area (Å²) in [5.41, 5.74) is 2.06. The Balaban J connectivity index is 1.64. The summed E-state index contributed by atoms with van der Waals surface area (Å²) in [6.45, 7) is 4.35. The largest absolute Gasteiger partial charge is 0.454 e. The van der Waals surface area contributed by atoms with Crippen LogP contribution in [0.25, 0.3) is 0 Å². The van der Waals surface area contributed by atoms with Crippen LogP contribution in [0.1, 0.15) is 25.0 Å². The van der Waals surface area contributed by atoms with E-state index in [1.54, 1.807) is 0 Å². The lowest BCUT2D eigenvalue weighted by Crippen LogP contribution is -2.57. The molecule has 1 N–H and O–H groups in total. The second kappa shape index (κ2) is 10.5. The lowest BCUT2D eigenvalue weighted by molar-refractivity contribution is -0.287. The van der Waals surface area contributed by atoms with Gasteiger partial charge in [-0.1, -0.05) is 67.6 Å². The van der Waals surface area contributed by atoms with Crippen molar-refractivity contribution in [3.63, 3.8) is 0 Å². The zero-order valence-corrected chi connectivity index (χ0v) is 16.8. The number of carbonyl (C=O) groups is 1. The summed E-state index contributed by atoms with van der Waals surface area (Å²) in [6.07, 6.45) is -3.08. The molecule has 6 heteroatoms. The molecule has 2 aromatic rings. The highest BCUT2D eigenvalue weighted by atomic mass is 16.7. The van der Waals surface area contributed by atoms with E-state index in [-0.39, 0.29) is 12.0 Å². The summed E-state index contributed by atoms with van der Waals surface area (Å²) in [4.78, 5) is 11.5. The second-order valence-electron chi connectivity index (χ2n) is 7.26. The molecule has 1 heterocycles. The molecule has 1 aliphatic rings. The van der Waals surface area contributed by atoms with Gasteiger partial charge in [0.05, 0.1) is 25.9 Å². The van der Waals surface area contributed by atoms with E-state index in [4.69, 9.17) is 18.9 Å². The molecule has 156 valence electrons. The summed E-state index contributed by atoms with van der Waals surface area (Å²) in [6, 6.07) is 19.6. The lowest BCUT2D eigenvalue weighted by atomic mass is 9.90. The first-order valence-corrected chi connectivity index (χ1v) is 9.82. The molecule has 5 atom stereocenters. The first kappa shape index (κ1) is 21.5. The predicted octanol–water partition coefficient (Wildman–Crippen LogP) is 3.07.